The van der Waals surface area contributed by atoms with Gasteiger partial charge in [0.15, 0.2) is 5.78 Å². The molecule has 3 aromatic rings. The van der Waals surface area contributed by atoms with E-state index in [4.69, 9.17) is 11.6 Å². The van der Waals surface area contributed by atoms with Crippen LogP contribution in [0.3, 0.4) is 0 Å². The Labute approximate surface area is 126 Å². The number of aromatic amines is 1. The quantitative estimate of drug-likeness (QED) is 0.695. The number of ketones is 1. The molecule has 3 rings (SSSR count). The number of hydrogen-bond donors (Lipinski definition) is 1. The highest BCUT2D eigenvalue weighted by Gasteiger charge is 2.16. The zero-order chi connectivity index (χ0) is 15.0. The molecule has 2 nitrogen and oxygen atoms in total. The van der Waals surface area contributed by atoms with E-state index in [0.717, 1.165) is 22.9 Å². The fraction of sp³-hybridized carbons (Fsp3) is 0.118. The van der Waals surface area contributed by atoms with Crippen LogP contribution in [0.4, 0.5) is 4.39 Å². The summed E-state index contributed by atoms with van der Waals surface area (Å²) in [5, 5.41) is 0.869. The zero-order valence-electron chi connectivity index (χ0n) is 11.4. The number of halogens is 2. The highest BCUT2D eigenvalue weighted by atomic mass is 35.5. The third kappa shape index (κ3) is 2.34. The first kappa shape index (κ1) is 13.8. The lowest BCUT2D eigenvalue weighted by molar-refractivity contribution is 0.104. The van der Waals surface area contributed by atoms with E-state index in [-0.39, 0.29) is 10.8 Å². The number of H-pyrrole nitrogens is 1. The molecule has 0 saturated carbocycles. The number of rotatable bonds is 3. The van der Waals surface area contributed by atoms with Gasteiger partial charge in [-0.05, 0) is 30.2 Å². The van der Waals surface area contributed by atoms with Crippen molar-refractivity contribution in [2.24, 2.45) is 0 Å². The van der Waals surface area contributed by atoms with Gasteiger partial charge in [0.2, 0.25) is 0 Å². The molecule has 21 heavy (non-hydrogen) atoms. The number of para-hydroxylation sites is 1. The lowest BCUT2D eigenvalue weighted by Crippen LogP contribution is -2.01. The maximum absolute atomic E-state index is 13.5. The standard InChI is InChI=1S/C17H13ClFNO/c1-2-10-4-3-5-12-13(9-20-16(10)12)17(21)11-6-7-14(18)15(19)8-11/h3-9,20H,2H2,1H3. The van der Waals surface area contributed by atoms with Crippen LogP contribution in [0.15, 0.2) is 42.6 Å². The predicted molar refractivity (Wildman–Crippen MR) is 82.5 cm³/mol. The molecule has 0 atom stereocenters. The summed E-state index contributed by atoms with van der Waals surface area (Å²) in [6.45, 7) is 2.06. The molecule has 1 heterocycles. The Hall–Kier alpha value is -2.13. The normalized spacial score (nSPS) is 11.0. The number of aromatic nitrogens is 1. The van der Waals surface area contributed by atoms with Gasteiger partial charge in [0.05, 0.1) is 5.02 Å². The van der Waals surface area contributed by atoms with Crippen molar-refractivity contribution in [1.82, 2.24) is 4.98 Å². The van der Waals surface area contributed by atoms with Crippen LogP contribution in [0.5, 0.6) is 0 Å². The number of carbonyl (C=O) groups excluding carboxylic acids is 1. The molecule has 0 radical (unpaired) electrons. The lowest BCUT2D eigenvalue weighted by Gasteiger charge is -2.02. The van der Waals surface area contributed by atoms with Crippen molar-refractivity contribution in [3.63, 3.8) is 0 Å². The second-order valence-corrected chi connectivity index (χ2v) is 5.26. The highest BCUT2D eigenvalue weighted by Crippen LogP contribution is 2.25. The van der Waals surface area contributed by atoms with Gasteiger partial charge in [0.1, 0.15) is 5.82 Å². The molecule has 0 unspecified atom stereocenters. The molecule has 0 aliphatic rings. The number of fused-ring (bicyclic) bond motifs is 1. The third-order valence-corrected chi connectivity index (χ3v) is 3.92. The average Bonchev–Trinajstić information content (AvgIpc) is 2.93. The monoisotopic (exact) mass is 301 g/mol. The van der Waals surface area contributed by atoms with Gasteiger partial charge in [-0.3, -0.25) is 4.79 Å². The van der Waals surface area contributed by atoms with Gasteiger partial charge in [0.25, 0.3) is 0 Å². The first-order valence-electron chi connectivity index (χ1n) is 6.70. The molecule has 0 aliphatic heterocycles. The summed E-state index contributed by atoms with van der Waals surface area (Å²) in [6.07, 6.45) is 2.56. The number of benzene rings is 2. The van der Waals surface area contributed by atoms with Gasteiger partial charge in [-0.2, -0.15) is 0 Å². The van der Waals surface area contributed by atoms with Crippen LogP contribution in [0.2, 0.25) is 5.02 Å². The van der Waals surface area contributed by atoms with E-state index in [2.05, 4.69) is 11.9 Å². The van der Waals surface area contributed by atoms with Crippen LogP contribution >= 0.6 is 11.6 Å². The molecule has 1 aromatic heterocycles. The minimum atomic E-state index is -0.586. The number of hydrogen-bond acceptors (Lipinski definition) is 1. The summed E-state index contributed by atoms with van der Waals surface area (Å²) in [7, 11) is 0. The van der Waals surface area contributed by atoms with Crippen molar-refractivity contribution in [3.8, 4) is 0 Å². The van der Waals surface area contributed by atoms with Crippen molar-refractivity contribution < 1.29 is 9.18 Å². The SMILES string of the molecule is CCc1cccc2c(C(=O)c3ccc(Cl)c(F)c3)c[nH]c12. The summed E-state index contributed by atoms with van der Waals surface area (Å²) >= 11 is 5.65. The minimum Gasteiger partial charge on any atom is -0.360 e. The molecule has 2 aromatic carbocycles. The van der Waals surface area contributed by atoms with Gasteiger partial charge >= 0.3 is 0 Å². The fourth-order valence-corrected chi connectivity index (χ4v) is 2.61. The van der Waals surface area contributed by atoms with Gasteiger partial charge in [0, 0.05) is 28.2 Å². The van der Waals surface area contributed by atoms with Gasteiger partial charge in [-0.15, -0.1) is 0 Å². The first-order valence-corrected chi connectivity index (χ1v) is 7.08. The van der Waals surface area contributed by atoms with Crippen LogP contribution in [0.25, 0.3) is 10.9 Å². The Kier molecular flexibility index (Phi) is 3.52. The van der Waals surface area contributed by atoms with Gasteiger partial charge in [-0.1, -0.05) is 36.7 Å². The van der Waals surface area contributed by atoms with E-state index in [1.54, 1.807) is 6.20 Å². The highest BCUT2D eigenvalue weighted by molar-refractivity contribution is 6.31. The van der Waals surface area contributed by atoms with E-state index in [1.165, 1.54) is 18.2 Å². The lowest BCUT2D eigenvalue weighted by atomic mass is 10.0. The van der Waals surface area contributed by atoms with Gasteiger partial charge in [-0.25, -0.2) is 4.39 Å². The van der Waals surface area contributed by atoms with Crippen molar-refractivity contribution in [1.29, 1.82) is 0 Å². The van der Waals surface area contributed by atoms with Crippen molar-refractivity contribution in [2.75, 3.05) is 0 Å². The van der Waals surface area contributed by atoms with E-state index >= 15 is 0 Å². The number of carbonyl (C=O) groups is 1. The van der Waals surface area contributed by atoms with Crippen LogP contribution in [0, 0.1) is 5.82 Å². The van der Waals surface area contributed by atoms with Crippen molar-refractivity contribution >= 4 is 28.3 Å². The topological polar surface area (TPSA) is 32.9 Å². The molecule has 0 aliphatic carbocycles. The van der Waals surface area contributed by atoms with Crippen LogP contribution in [-0.2, 0) is 6.42 Å². The molecule has 106 valence electrons. The first-order chi connectivity index (χ1) is 10.1. The fourth-order valence-electron chi connectivity index (χ4n) is 2.49. The van der Waals surface area contributed by atoms with Crippen molar-refractivity contribution in [3.05, 3.63) is 70.1 Å². The summed E-state index contributed by atoms with van der Waals surface area (Å²) in [6, 6.07) is 9.95. The summed E-state index contributed by atoms with van der Waals surface area (Å²) in [5.74, 6) is -0.804. The van der Waals surface area contributed by atoms with Gasteiger partial charge < -0.3 is 4.98 Å². The third-order valence-electron chi connectivity index (χ3n) is 3.61. The maximum Gasteiger partial charge on any atom is 0.195 e. The predicted octanol–water partition coefficient (Wildman–Crippen LogP) is 4.75. The van der Waals surface area contributed by atoms with Crippen LogP contribution in [-0.4, -0.2) is 10.8 Å². The summed E-state index contributed by atoms with van der Waals surface area (Å²) < 4.78 is 13.5. The Balaban J connectivity index is 2.11. The average molecular weight is 302 g/mol. The Morgan fingerprint density at radius 2 is 2.10 bits per heavy atom. The molecular weight excluding hydrogens is 289 g/mol. The zero-order valence-corrected chi connectivity index (χ0v) is 12.2. The molecule has 4 heteroatoms. The molecule has 0 fully saturated rings. The van der Waals surface area contributed by atoms with E-state index in [9.17, 15) is 9.18 Å². The Bertz CT molecular complexity index is 838. The van der Waals surface area contributed by atoms with E-state index in [1.807, 2.05) is 18.2 Å². The second-order valence-electron chi connectivity index (χ2n) is 4.85. The molecule has 1 N–H and O–H groups in total. The molecule has 0 amide bonds. The largest absolute Gasteiger partial charge is 0.360 e. The molecular formula is C17H13ClFNO. The Morgan fingerprint density at radius 1 is 1.29 bits per heavy atom. The Morgan fingerprint density at radius 3 is 2.81 bits per heavy atom. The number of nitrogens with one attached hydrogen (secondary N) is 1. The molecule has 0 saturated heterocycles. The smallest absolute Gasteiger partial charge is 0.195 e. The number of aryl methyl sites for hydroxylation is 1. The van der Waals surface area contributed by atoms with E-state index < -0.39 is 5.82 Å². The van der Waals surface area contributed by atoms with Crippen LogP contribution in [0.1, 0.15) is 28.4 Å². The van der Waals surface area contributed by atoms with Crippen LogP contribution < -0.4 is 0 Å². The molecule has 0 spiro atoms. The summed E-state index contributed by atoms with van der Waals surface area (Å²) in [4.78, 5) is 15.7. The summed E-state index contributed by atoms with van der Waals surface area (Å²) in [5.41, 5.74) is 2.94. The maximum atomic E-state index is 13.5. The van der Waals surface area contributed by atoms with E-state index in [0.29, 0.717) is 11.1 Å². The van der Waals surface area contributed by atoms with Crippen molar-refractivity contribution in [2.45, 2.75) is 13.3 Å². The minimum absolute atomic E-state index is 0.0127. The second kappa shape index (κ2) is 5.34. The molecule has 0 bridgehead atoms.